The second-order valence-electron chi connectivity index (χ2n) is 9.70. The van der Waals surface area contributed by atoms with Gasteiger partial charge in [0.2, 0.25) is 10.0 Å². The van der Waals surface area contributed by atoms with Crippen molar-refractivity contribution >= 4 is 10.0 Å². The Morgan fingerprint density at radius 1 is 1.04 bits per heavy atom. The molecule has 2 saturated carbocycles. The van der Waals surface area contributed by atoms with Gasteiger partial charge < -0.3 is 4.74 Å². The molecule has 2 aliphatic heterocycles. The van der Waals surface area contributed by atoms with Crippen LogP contribution in [0.15, 0.2) is 0 Å². The van der Waals surface area contributed by atoms with Crippen molar-refractivity contribution in [1.82, 2.24) is 4.72 Å². The van der Waals surface area contributed by atoms with Crippen molar-refractivity contribution in [3.63, 3.8) is 0 Å². The Bertz CT molecular complexity index is 508. The zero-order valence-corrected chi connectivity index (χ0v) is 16.5. The van der Waals surface area contributed by atoms with E-state index in [1.165, 1.54) is 12.8 Å². The Kier molecular flexibility index (Phi) is 5.35. The molecule has 0 aromatic rings. The van der Waals surface area contributed by atoms with Crippen LogP contribution in [0.25, 0.3) is 0 Å². The van der Waals surface area contributed by atoms with Crippen LogP contribution in [0, 0.1) is 22.7 Å². The van der Waals surface area contributed by atoms with Gasteiger partial charge in [-0.1, -0.05) is 20.8 Å². The van der Waals surface area contributed by atoms with Crippen molar-refractivity contribution in [2.24, 2.45) is 22.7 Å². The quantitative estimate of drug-likeness (QED) is 0.816. The molecule has 0 spiro atoms. The number of hydrogen-bond acceptors (Lipinski definition) is 3. The maximum atomic E-state index is 12.6. The number of nitrogens with one attached hydrogen (secondary N) is 1. The average molecular weight is 358 g/mol. The third kappa shape index (κ3) is 4.53. The highest BCUT2D eigenvalue weighted by atomic mass is 32.2. The minimum Gasteiger partial charge on any atom is -0.378 e. The van der Waals surface area contributed by atoms with Crippen molar-refractivity contribution < 1.29 is 13.2 Å². The van der Waals surface area contributed by atoms with Crippen molar-refractivity contribution in [2.45, 2.75) is 78.2 Å². The first kappa shape index (κ1) is 18.7. The van der Waals surface area contributed by atoms with Gasteiger partial charge in [0.05, 0.1) is 18.5 Å². The molecule has 0 radical (unpaired) electrons. The Labute approximate surface area is 148 Å². The Hall–Kier alpha value is -0.130. The van der Waals surface area contributed by atoms with Crippen LogP contribution in [0.5, 0.6) is 0 Å². The summed E-state index contributed by atoms with van der Waals surface area (Å²) in [7, 11) is -3.20. The molecule has 4 nitrogen and oxygen atoms in total. The fourth-order valence-corrected chi connectivity index (χ4v) is 6.70. The number of fused-ring (bicyclic) bond motifs is 3. The second kappa shape index (κ2) is 6.88. The molecule has 0 aromatic heterocycles. The van der Waals surface area contributed by atoms with Gasteiger partial charge in [-0.3, -0.25) is 0 Å². The lowest BCUT2D eigenvalue weighted by Crippen LogP contribution is -2.48. The summed E-state index contributed by atoms with van der Waals surface area (Å²) in [6, 6.07) is 0. The summed E-state index contributed by atoms with van der Waals surface area (Å²) < 4.78 is 33.9. The van der Waals surface area contributed by atoms with Gasteiger partial charge >= 0.3 is 0 Å². The molecule has 4 rings (SSSR count). The van der Waals surface area contributed by atoms with E-state index >= 15 is 0 Å². The van der Waals surface area contributed by atoms with E-state index in [0.717, 1.165) is 44.4 Å². The third-order valence-electron chi connectivity index (χ3n) is 6.78. The minimum atomic E-state index is -3.20. The first-order valence-corrected chi connectivity index (χ1v) is 11.4. The lowest BCUT2D eigenvalue weighted by molar-refractivity contribution is -0.105. The summed E-state index contributed by atoms with van der Waals surface area (Å²) in [5, 5.41) is 0. The van der Waals surface area contributed by atoms with Crippen molar-refractivity contribution in [1.29, 1.82) is 0 Å². The molecule has 0 unspecified atom stereocenters. The summed E-state index contributed by atoms with van der Waals surface area (Å²) in [6.45, 7) is 8.22. The second-order valence-corrected chi connectivity index (χ2v) is 11.5. The van der Waals surface area contributed by atoms with E-state index in [4.69, 9.17) is 4.74 Å². The number of sulfonamides is 1. The first-order chi connectivity index (χ1) is 11.2. The van der Waals surface area contributed by atoms with Gasteiger partial charge in [0.1, 0.15) is 0 Å². The van der Waals surface area contributed by atoms with Crippen molar-refractivity contribution in [3.8, 4) is 0 Å². The van der Waals surface area contributed by atoms with Crippen LogP contribution < -0.4 is 4.72 Å². The average Bonchev–Trinajstić information content (AvgIpc) is 2.53. The molecule has 4 fully saturated rings. The van der Waals surface area contributed by atoms with E-state index in [-0.39, 0.29) is 11.2 Å². The molecule has 1 N–H and O–H groups in total. The number of ether oxygens (including phenoxy) is 1. The predicted octanol–water partition coefficient (Wildman–Crippen LogP) is 3.72. The van der Waals surface area contributed by atoms with Crippen molar-refractivity contribution in [2.75, 3.05) is 18.9 Å². The third-order valence-corrected chi connectivity index (χ3v) is 8.38. The SMILES string of the molecule is CC(C)(C)C1CCC(CNS(=O)(=O)CC23CCC(CC2)OC3)CC1. The smallest absolute Gasteiger partial charge is 0.212 e. The Balaban J connectivity index is 1.46. The fraction of sp³-hybridized carbons (Fsp3) is 1.00. The van der Waals surface area contributed by atoms with E-state index in [0.29, 0.717) is 30.6 Å². The Morgan fingerprint density at radius 3 is 2.17 bits per heavy atom. The highest BCUT2D eigenvalue weighted by molar-refractivity contribution is 7.89. The van der Waals surface area contributed by atoms with Crippen LogP contribution in [0.4, 0.5) is 0 Å². The normalized spacial score (nSPS) is 37.5. The summed E-state index contributed by atoms with van der Waals surface area (Å²) >= 11 is 0. The van der Waals surface area contributed by atoms with E-state index in [9.17, 15) is 8.42 Å². The van der Waals surface area contributed by atoms with E-state index < -0.39 is 10.0 Å². The Morgan fingerprint density at radius 2 is 1.67 bits per heavy atom. The van der Waals surface area contributed by atoms with Crippen LogP contribution in [0.2, 0.25) is 0 Å². The van der Waals surface area contributed by atoms with Crippen LogP contribution in [0.3, 0.4) is 0 Å². The van der Waals surface area contributed by atoms with Gasteiger partial charge in [-0.05, 0) is 68.6 Å². The molecule has 0 amide bonds. The van der Waals surface area contributed by atoms with Crippen LogP contribution in [-0.4, -0.2) is 33.4 Å². The van der Waals surface area contributed by atoms with E-state index in [1.54, 1.807) is 0 Å². The molecule has 140 valence electrons. The van der Waals surface area contributed by atoms with E-state index in [1.807, 2.05) is 0 Å². The van der Waals surface area contributed by atoms with Gasteiger partial charge in [0, 0.05) is 12.0 Å². The largest absolute Gasteiger partial charge is 0.378 e. The summed E-state index contributed by atoms with van der Waals surface area (Å²) in [5.41, 5.74) is 0.258. The molecule has 2 bridgehead atoms. The molecule has 0 aromatic carbocycles. The summed E-state index contributed by atoms with van der Waals surface area (Å²) in [5.74, 6) is 1.54. The molecule has 2 heterocycles. The van der Waals surface area contributed by atoms with Gasteiger partial charge in [-0.25, -0.2) is 13.1 Å². The molecule has 2 saturated heterocycles. The zero-order valence-electron chi connectivity index (χ0n) is 15.6. The predicted molar refractivity (Wildman–Crippen MR) is 97.3 cm³/mol. The van der Waals surface area contributed by atoms with Crippen LogP contribution >= 0.6 is 0 Å². The standard InChI is InChI=1S/C19H35NO3S/c1-18(2,3)16-6-4-15(5-7-16)12-20-24(21,22)14-19-10-8-17(9-11-19)23-13-19/h15-17,20H,4-14H2,1-3H3. The maximum absolute atomic E-state index is 12.6. The zero-order chi connectivity index (χ0) is 17.4. The van der Waals surface area contributed by atoms with Gasteiger partial charge in [0.25, 0.3) is 0 Å². The van der Waals surface area contributed by atoms with Gasteiger partial charge in [-0.15, -0.1) is 0 Å². The maximum Gasteiger partial charge on any atom is 0.212 e. The molecule has 24 heavy (non-hydrogen) atoms. The van der Waals surface area contributed by atoms with Gasteiger partial charge in [0.15, 0.2) is 0 Å². The minimum absolute atomic E-state index is 0.121. The summed E-state index contributed by atoms with van der Waals surface area (Å²) in [6.07, 6.45) is 9.24. The van der Waals surface area contributed by atoms with Crippen LogP contribution in [-0.2, 0) is 14.8 Å². The molecule has 5 heteroatoms. The first-order valence-electron chi connectivity index (χ1n) is 9.76. The molecule has 4 aliphatic rings. The summed E-state index contributed by atoms with van der Waals surface area (Å²) in [4.78, 5) is 0. The monoisotopic (exact) mass is 357 g/mol. The molecular weight excluding hydrogens is 322 g/mol. The molecular formula is C19H35NO3S. The lowest BCUT2D eigenvalue weighted by Gasteiger charge is -2.46. The fourth-order valence-electron chi connectivity index (χ4n) is 4.93. The molecule has 0 atom stereocenters. The highest BCUT2D eigenvalue weighted by Gasteiger charge is 2.44. The van der Waals surface area contributed by atoms with Crippen LogP contribution in [0.1, 0.15) is 72.1 Å². The molecule has 2 aliphatic carbocycles. The van der Waals surface area contributed by atoms with E-state index in [2.05, 4.69) is 25.5 Å². The van der Waals surface area contributed by atoms with Crippen molar-refractivity contribution in [3.05, 3.63) is 0 Å². The lowest BCUT2D eigenvalue weighted by atomic mass is 9.70. The topological polar surface area (TPSA) is 55.4 Å². The number of rotatable bonds is 5. The number of hydrogen-bond donors (Lipinski definition) is 1. The highest BCUT2D eigenvalue weighted by Crippen LogP contribution is 2.44. The van der Waals surface area contributed by atoms with Gasteiger partial charge in [-0.2, -0.15) is 0 Å².